The van der Waals surface area contributed by atoms with Gasteiger partial charge in [0.25, 0.3) is 5.91 Å². The molecule has 0 bridgehead atoms. The molecule has 1 unspecified atom stereocenters. The number of amides is 1. The monoisotopic (exact) mass is 349 g/mol. The van der Waals surface area contributed by atoms with E-state index in [9.17, 15) is 13.2 Å². The minimum absolute atomic E-state index is 0.0230. The van der Waals surface area contributed by atoms with Crippen molar-refractivity contribution in [3.8, 4) is 6.07 Å². The summed E-state index contributed by atoms with van der Waals surface area (Å²) in [7, 11) is -1.52. The lowest BCUT2D eigenvalue weighted by molar-refractivity contribution is -0.117. The third kappa shape index (κ3) is 5.83. The van der Waals surface area contributed by atoms with Gasteiger partial charge in [-0.15, -0.1) is 11.6 Å². The van der Waals surface area contributed by atoms with Crippen LogP contribution in [0, 0.1) is 11.3 Å². The van der Waals surface area contributed by atoms with Crippen LogP contribution in [0.15, 0.2) is 11.8 Å². The molecule has 0 aromatic heterocycles. The number of alkyl halides is 1. The van der Waals surface area contributed by atoms with E-state index in [1.807, 2.05) is 6.07 Å². The number of nitriles is 1. The molecule has 1 N–H and O–H groups in total. The van der Waals surface area contributed by atoms with Crippen LogP contribution in [0.5, 0.6) is 0 Å². The van der Waals surface area contributed by atoms with Gasteiger partial charge in [-0.05, 0) is 6.42 Å². The van der Waals surface area contributed by atoms with Gasteiger partial charge in [0.15, 0.2) is 9.84 Å². The molecule has 0 aliphatic carbocycles. The molecular weight excluding hydrogens is 330 g/mol. The zero-order chi connectivity index (χ0) is 16.6. The highest BCUT2D eigenvalue weighted by atomic mass is 35.5. The summed E-state index contributed by atoms with van der Waals surface area (Å²) in [4.78, 5) is 13.5. The minimum atomic E-state index is -3.06. The Hall–Kier alpha value is -1.30. The van der Waals surface area contributed by atoms with Gasteiger partial charge in [0.2, 0.25) is 0 Å². The molecule has 22 heavy (non-hydrogen) atoms. The van der Waals surface area contributed by atoms with Crippen molar-refractivity contribution in [2.45, 2.75) is 12.5 Å². The molecule has 1 heterocycles. The molecule has 0 aromatic rings. The van der Waals surface area contributed by atoms with E-state index in [0.717, 1.165) is 0 Å². The SMILES string of the molecule is COCCN(/C=C(/C#N)C(=O)NCCCl)C1CCS(=O)(=O)C1. The van der Waals surface area contributed by atoms with Crippen molar-refractivity contribution in [1.82, 2.24) is 10.2 Å². The summed E-state index contributed by atoms with van der Waals surface area (Å²) in [6, 6.07) is 1.59. The highest BCUT2D eigenvalue weighted by Crippen LogP contribution is 2.18. The van der Waals surface area contributed by atoms with Crippen molar-refractivity contribution in [3.63, 3.8) is 0 Å². The Kier molecular flexibility index (Phi) is 7.65. The van der Waals surface area contributed by atoms with Crippen molar-refractivity contribution < 1.29 is 17.9 Å². The van der Waals surface area contributed by atoms with Crippen molar-refractivity contribution >= 4 is 27.3 Å². The fourth-order valence-electron chi connectivity index (χ4n) is 2.15. The topological polar surface area (TPSA) is 99.5 Å². The van der Waals surface area contributed by atoms with Crippen molar-refractivity contribution in [1.29, 1.82) is 5.26 Å². The Balaban J connectivity index is 2.88. The Morgan fingerprint density at radius 2 is 2.32 bits per heavy atom. The number of carbonyl (C=O) groups is 1. The zero-order valence-corrected chi connectivity index (χ0v) is 14.0. The van der Waals surface area contributed by atoms with E-state index in [1.165, 1.54) is 13.3 Å². The van der Waals surface area contributed by atoms with Gasteiger partial charge in [-0.3, -0.25) is 4.79 Å². The maximum Gasteiger partial charge on any atom is 0.263 e. The molecule has 1 fully saturated rings. The van der Waals surface area contributed by atoms with Gasteiger partial charge in [-0.1, -0.05) is 0 Å². The lowest BCUT2D eigenvalue weighted by Crippen LogP contribution is -2.36. The predicted octanol–water partition coefficient (Wildman–Crippen LogP) is -0.116. The van der Waals surface area contributed by atoms with Crippen LogP contribution < -0.4 is 5.32 Å². The number of hydrogen-bond acceptors (Lipinski definition) is 6. The number of methoxy groups -OCH3 is 1. The fourth-order valence-corrected chi connectivity index (χ4v) is 3.98. The Morgan fingerprint density at radius 1 is 1.59 bits per heavy atom. The maximum atomic E-state index is 11.8. The molecule has 1 saturated heterocycles. The fraction of sp³-hybridized carbons (Fsp3) is 0.692. The van der Waals surface area contributed by atoms with Crippen molar-refractivity contribution in [2.75, 3.05) is 44.2 Å². The molecule has 1 aliphatic heterocycles. The first-order valence-corrected chi connectivity index (χ1v) is 9.20. The van der Waals surface area contributed by atoms with Crippen LogP contribution in [0.3, 0.4) is 0 Å². The number of carbonyl (C=O) groups excluding carboxylic acids is 1. The standard InChI is InChI=1S/C13H20ClN3O4S/c1-21-6-5-17(12-2-7-22(19,20)10-12)9-11(8-15)13(18)16-4-3-14/h9,12H,2-7,10H2,1H3,(H,16,18)/b11-9-. The van der Waals surface area contributed by atoms with E-state index < -0.39 is 15.7 Å². The van der Waals surface area contributed by atoms with Gasteiger partial charge in [-0.2, -0.15) is 5.26 Å². The second kappa shape index (κ2) is 8.98. The summed E-state index contributed by atoms with van der Waals surface area (Å²) in [6.45, 7) is 1.04. The third-order valence-electron chi connectivity index (χ3n) is 3.27. The number of nitrogens with zero attached hydrogens (tertiary/aromatic N) is 2. The highest BCUT2D eigenvalue weighted by Gasteiger charge is 2.31. The van der Waals surface area contributed by atoms with Crippen LogP contribution in [-0.2, 0) is 19.4 Å². The summed E-state index contributed by atoms with van der Waals surface area (Å²) in [5.74, 6) is -0.130. The number of rotatable bonds is 8. The van der Waals surface area contributed by atoms with E-state index in [-0.39, 0.29) is 35.5 Å². The Morgan fingerprint density at radius 3 is 2.82 bits per heavy atom. The number of ether oxygens (including phenoxy) is 1. The van der Waals surface area contributed by atoms with Crippen LogP contribution >= 0.6 is 11.6 Å². The van der Waals surface area contributed by atoms with E-state index >= 15 is 0 Å². The molecule has 1 aliphatic rings. The van der Waals surface area contributed by atoms with Crippen LogP contribution in [0.1, 0.15) is 6.42 Å². The molecule has 0 saturated carbocycles. The Labute approximate surface area is 135 Å². The summed E-state index contributed by atoms with van der Waals surface area (Å²) < 4.78 is 28.2. The Bertz CT molecular complexity index is 556. The van der Waals surface area contributed by atoms with Crippen LogP contribution in [0.4, 0.5) is 0 Å². The van der Waals surface area contributed by atoms with Gasteiger partial charge in [0.05, 0.1) is 18.1 Å². The van der Waals surface area contributed by atoms with Crippen molar-refractivity contribution in [2.24, 2.45) is 0 Å². The normalized spacial score (nSPS) is 20.4. The average Bonchev–Trinajstić information content (AvgIpc) is 2.85. The van der Waals surface area contributed by atoms with E-state index in [4.69, 9.17) is 21.6 Å². The van der Waals surface area contributed by atoms with Crippen LogP contribution in [0.25, 0.3) is 0 Å². The molecule has 7 nitrogen and oxygen atoms in total. The summed E-state index contributed by atoms with van der Waals surface area (Å²) in [6.07, 6.45) is 1.89. The molecule has 0 aromatic carbocycles. The quantitative estimate of drug-likeness (QED) is 0.373. The van der Waals surface area contributed by atoms with E-state index in [0.29, 0.717) is 19.6 Å². The number of nitrogens with one attached hydrogen (secondary N) is 1. The van der Waals surface area contributed by atoms with Crippen LogP contribution in [-0.4, -0.2) is 69.5 Å². The summed E-state index contributed by atoms with van der Waals surface area (Å²) in [5, 5.41) is 11.6. The smallest absolute Gasteiger partial charge is 0.263 e. The largest absolute Gasteiger partial charge is 0.383 e. The van der Waals surface area contributed by atoms with Gasteiger partial charge >= 0.3 is 0 Å². The number of hydrogen-bond donors (Lipinski definition) is 1. The van der Waals surface area contributed by atoms with E-state index in [1.54, 1.807) is 4.90 Å². The molecule has 0 spiro atoms. The van der Waals surface area contributed by atoms with Gasteiger partial charge in [-0.25, -0.2) is 8.42 Å². The van der Waals surface area contributed by atoms with E-state index in [2.05, 4.69) is 5.32 Å². The highest BCUT2D eigenvalue weighted by molar-refractivity contribution is 7.91. The third-order valence-corrected chi connectivity index (χ3v) is 5.21. The first-order valence-electron chi connectivity index (χ1n) is 6.84. The molecule has 1 amide bonds. The molecule has 9 heteroatoms. The first-order chi connectivity index (χ1) is 10.4. The molecular formula is C13H20ClN3O4S. The summed E-state index contributed by atoms with van der Waals surface area (Å²) >= 11 is 5.49. The average molecular weight is 350 g/mol. The summed E-state index contributed by atoms with van der Waals surface area (Å²) in [5.41, 5.74) is -0.0782. The maximum absolute atomic E-state index is 11.8. The van der Waals surface area contributed by atoms with Gasteiger partial charge in [0, 0.05) is 38.3 Å². The van der Waals surface area contributed by atoms with Crippen molar-refractivity contribution in [3.05, 3.63) is 11.8 Å². The molecule has 0 radical (unpaired) electrons. The second-order valence-corrected chi connectivity index (χ2v) is 7.49. The zero-order valence-electron chi connectivity index (χ0n) is 12.4. The molecule has 1 rings (SSSR count). The predicted molar refractivity (Wildman–Crippen MR) is 83.1 cm³/mol. The lowest BCUT2D eigenvalue weighted by Gasteiger charge is -2.26. The lowest BCUT2D eigenvalue weighted by atomic mass is 10.2. The second-order valence-electron chi connectivity index (χ2n) is 4.89. The minimum Gasteiger partial charge on any atom is -0.383 e. The van der Waals surface area contributed by atoms with Gasteiger partial charge in [0.1, 0.15) is 11.6 Å². The van der Waals surface area contributed by atoms with Crippen LogP contribution in [0.2, 0.25) is 0 Å². The molecule has 1 atom stereocenters. The first kappa shape index (κ1) is 18.7. The van der Waals surface area contributed by atoms with Gasteiger partial charge < -0.3 is 15.0 Å². The number of sulfone groups is 1. The number of halogens is 1. The molecule has 124 valence electrons.